The predicted molar refractivity (Wildman–Crippen MR) is 88.5 cm³/mol. The number of hydrogen-bond donors (Lipinski definition) is 1. The molecule has 0 bridgehead atoms. The number of thiophene rings is 1. The van der Waals surface area contributed by atoms with Gasteiger partial charge in [-0.3, -0.25) is 4.79 Å². The van der Waals surface area contributed by atoms with Crippen molar-refractivity contribution in [2.24, 2.45) is 0 Å². The molecule has 1 aromatic carbocycles. The van der Waals surface area contributed by atoms with Crippen LogP contribution >= 0.6 is 11.3 Å². The first-order valence-corrected chi connectivity index (χ1v) is 8.10. The molecule has 21 heavy (non-hydrogen) atoms. The number of amides is 1. The number of hydrogen-bond acceptors (Lipinski definition) is 3. The Kier molecular flexibility index (Phi) is 5.96. The number of benzene rings is 1. The first-order chi connectivity index (χ1) is 10.2. The highest BCUT2D eigenvalue weighted by Crippen LogP contribution is 2.19. The van der Waals surface area contributed by atoms with E-state index >= 15 is 0 Å². The van der Waals surface area contributed by atoms with Crippen molar-refractivity contribution < 1.29 is 4.79 Å². The third-order valence-electron chi connectivity index (χ3n) is 3.53. The molecule has 3 nitrogen and oxygen atoms in total. The van der Waals surface area contributed by atoms with Gasteiger partial charge in [-0.05, 0) is 48.5 Å². The number of rotatable bonds is 7. The monoisotopic (exact) mass is 302 g/mol. The van der Waals surface area contributed by atoms with Gasteiger partial charge >= 0.3 is 0 Å². The van der Waals surface area contributed by atoms with Gasteiger partial charge in [-0.2, -0.15) is 11.3 Å². The average Bonchev–Trinajstić information content (AvgIpc) is 3.00. The molecule has 1 amide bonds. The van der Waals surface area contributed by atoms with E-state index in [1.54, 1.807) is 11.3 Å². The first kappa shape index (κ1) is 15.7. The van der Waals surface area contributed by atoms with Crippen molar-refractivity contribution in [3.63, 3.8) is 0 Å². The van der Waals surface area contributed by atoms with Gasteiger partial charge < -0.3 is 10.2 Å². The van der Waals surface area contributed by atoms with Crippen molar-refractivity contribution in [1.82, 2.24) is 10.2 Å². The number of carbonyl (C=O) groups excluding carboxylic acids is 1. The maximum Gasteiger partial charge on any atom is 0.220 e. The summed E-state index contributed by atoms with van der Waals surface area (Å²) in [6, 6.07) is 12.5. The summed E-state index contributed by atoms with van der Waals surface area (Å²) in [6.45, 7) is 0.650. The fourth-order valence-electron chi connectivity index (χ4n) is 2.26. The van der Waals surface area contributed by atoms with Crippen molar-refractivity contribution in [3.05, 3.63) is 58.3 Å². The maximum atomic E-state index is 12.0. The fourth-order valence-corrected chi connectivity index (χ4v) is 2.97. The Labute approximate surface area is 130 Å². The minimum Gasteiger partial charge on any atom is -0.354 e. The molecule has 1 heterocycles. The van der Waals surface area contributed by atoms with Crippen molar-refractivity contribution in [2.45, 2.75) is 18.9 Å². The number of nitrogens with zero attached hydrogens (tertiary/aromatic N) is 1. The number of nitrogens with one attached hydrogen (secondary N) is 1. The van der Waals surface area contributed by atoms with Crippen LogP contribution in [0.2, 0.25) is 0 Å². The van der Waals surface area contributed by atoms with E-state index in [0.717, 1.165) is 6.42 Å². The molecule has 2 aromatic rings. The minimum atomic E-state index is 0.112. The van der Waals surface area contributed by atoms with E-state index in [1.165, 1.54) is 11.1 Å². The number of likely N-dealkylation sites (N-methyl/N-ethyl adjacent to an activating group) is 1. The Morgan fingerprint density at radius 1 is 1.24 bits per heavy atom. The van der Waals surface area contributed by atoms with Crippen LogP contribution in [0.4, 0.5) is 0 Å². The smallest absolute Gasteiger partial charge is 0.220 e. The van der Waals surface area contributed by atoms with Crippen LogP contribution in [0.3, 0.4) is 0 Å². The van der Waals surface area contributed by atoms with Crippen LogP contribution in [0, 0.1) is 0 Å². The van der Waals surface area contributed by atoms with Crippen LogP contribution in [0.15, 0.2) is 47.2 Å². The van der Waals surface area contributed by atoms with Gasteiger partial charge in [0.1, 0.15) is 0 Å². The molecule has 0 saturated carbocycles. The lowest BCUT2D eigenvalue weighted by Gasteiger charge is -2.24. The summed E-state index contributed by atoms with van der Waals surface area (Å²) in [7, 11) is 4.08. The summed E-state index contributed by atoms with van der Waals surface area (Å²) in [5, 5.41) is 7.26. The third kappa shape index (κ3) is 4.99. The summed E-state index contributed by atoms with van der Waals surface area (Å²) in [6.07, 6.45) is 1.32. The van der Waals surface area contributed by atoms with Crippen LogP contribution in [-0.2, 0) is 11.2 Å². The fraction of sp³-hybridized carbons (Fsp3) is 0.353. The molecule has 0 spiro atoms. The molecular weight excluding hydrogens is 280 g/mol. The van der Waals surface area contributed by atoms with Gasteiger partial charge in [0, 0.05) is 13.0 Å². The lowest BCUT2D eigenvalue weighted by atomic mass is 10.1. The second-order valence-electron chi connectivity index (χ2n) is 5.33. The summed E-state index contributed by atoms with van der Waals surface area (Å²) >= 11 is 1.69. The molecule has 112 valence electrons. The van der Waals surface area contributed by atoms with Crippen LogP contribution in [0.5, 0.6) is 0 Å². The molecule has 0 fully saturated rings. The molecule has 0 aliphatic rings. The van der Waals surface area contributed by atoms with Crippen molar-refractivity contribution in [1.29, 1.82) is 0 Å². The molecule has 0 saturated heterocycles. The largest absolute Gasteiger partial charge is 0.354 e. The second-order valence-corrected chi connectivity index (χ2v) is 6.11. The highest BCUT2D eigenvalue weighted by Gasteiger charge is 2.15. The normalized spacial score (nSPS) is 12.3. The van der Waals surface area contributed by atoms with Crippen LogP contribution in [0.1, 0.15) is 23.6 Å². The Balaban J connectivity index is 1.80. The summed E-state index contributed by atoms with van der Waals surface area (Å²) in [5.41, 5.74) is 2.46. The Morgan fingerprint density at radius 2 is 2.00 bits per heavy atom. The molecular formula is C17H22N2OS. The summed E-state index contributed by atoms with van der Waals surface area (Å²) < 4.78 is 0. The molecule has 1 unspecified atom stereocenters. The predicted octanol–water partition coefficient (Wildman–Crippen LogP) is 3.10. The number of aryl methyl sites for hydroxylation is 1. The number of carbonyl (C=O) groups is 1. The highest BCUT2D eigenvalue weighted by atomic mass is 32.1. The van der Waals surface area contributed by atoms with Gasteiger partial charge in [0.15, 0.2) is 0 Å². The van der Waals surface area contributed by atoms with Crippen LogP contribution < -0.4 is 5.32 Å². The molecule has 0 radical (unpaired) electrons. The summed E-state index contributed by atoms with van der Waals surface area (Å²) in [4.78, 5) is 14.1. The third-order valence-corrected chi connectivity index (χ3v) is 4.23. The maximum absolute atomic E-state index is 12.0. The van der Waals surface area contributed by atoms with Crippen molar-refractivity contribution in [2.75, 3.05) is 20.6 Å². The SMILES string of the molecule is CN(C)C(CNC(=O)CCc1ccccc1)c1ccsc1. The molecule has 2 rings (SSSR count). The Bertz CT molecular complexity index is 537. The Morgan fingerprint density at radius 3 is 2.62 bits per heavy atom. The molecule has 0 aliphatic carbocycles. The molecule has 1 aromatic heterocycles. The lowest BCUT2D eigenvalue weighted by Crippen LogP contribution is -2.34. The summed E-state index contributed by atoms with van der Waals surface area (Å²) in [5.74, 6) is 0.112. The van der Waals surface area contributed by atoms with E-state index in [9.17, 15) is 4.79 Å². The van der Waals surface area contributed by atoms with Crippen LogP contribution in [0.25, 0.3) is 0 Å². The molecule has 1 atom stereocenters. The van der Waals surface area contributed by atoms with Crippen LogP contribution in [-0.4, -0.2) is 31.4 Å². The van der Waals surface area contributed by atoms with E-state index in [-0.39, 0.29) is 11.9 Å². The average molecular weight is 302 g/mol. The van der Waals surface area contributed by atoms with E-state index < -0.39 is 0 Å². The van der Waals surface area contributed by atoms with Crippen molar-refractivity contribution >= 4 is 17.2 Å². The van der Waals surface area contributed by atoms with E-state index in [4.69, 9.17) is 0 Å². The van der Waals surface area contributed by atoms with E-state index in [2.05, 4.69) is 39.2 Å². The standard InChI is InChI=1S/C17H22N2OS/c1-19(2)16(15-10-11-21-13-15)12-18-17(20)9-8-14-6-4-3-5-7-14/h3-7,10-11,13,16H,8-9,12H2,1-2H3,(H,18,20). The Hall–Kier alpha value is -1.65. The first-order valence-electron chi connectivity index (χ1n) is 7.16. The van der Waals surface area contributed by atoms with Gasteiger partial charge in [-0.1, -0.05) is 30.3 Å². The van der Waals surface area contributed by atoms with E-state index in [1.807, 2.05) is 32.3 Å². The topological polar surface area (TPSA) is 32.3 Å². The zero-order chi connectivity index (χ0) is 15.1. The second kappa shape index (κ2) is 7.96. The zero-order valence-corrected chi connectivity index (χ0v) is 13.4. The minimum absolute atomic E-state index is 0.112. The molecule has 1 N–H and O–H groups in total. The van der Waals surface area contributed by atoms with Gasteiger partial charge in [0.2, 0.25) is 5.91 Å². The highest BCUT2D eigenvalue weighted by molar-refractivity contribution is 7.07. The quantitative estimate of drug-likeness (QED) is 0.852. The van der Waals surface area contributed by atoms with E-state index in [0.29, 0.717) is 13.0 Å². The zero-order valence-electron chi connectivity index (χ0n) is 12.6. The van der Waals surface area contributed by atoms with Crippen molar-refractivity contribution in [3.8, 4) is 0 Å². The van der Waals surface area contributed by atoms with Gasteiger partial charge in [0.05, 0.1) is 6.04 Å². The molecule has 4 heteroatoms. The lowest BCUT2D eigenvalue weighted by molar-refractivity contribution is -0.121. The van der Waals surface area contributed by atoms with Gasteiger partial charge in [-0.25, -0.2) is 0 Å². The van der Waals surface area contributed by atoms with Gasteiger partial charge in [-0.15, -0.1) is 0 Å². The van der Waals surface area contributed by atoms with Gasteiger partial charge in [0.25, 0.3) is 0 Å². The molecule has 0 aliphatic heterocycles.